The zero-order valence-electron chi connectivity index (χ0n) is 9.95. The highest BCUT2D eigenvalue weighted by molar-refractivity contribution is 5.85. The van der Waals surface area contributed by atoms with Gasteiger partial charge in [-0.1, -0.05) is 18.9 Å². The number of benzene rings is 1. The molecule has 4 heteroatoms. The topological polar surface area (TPSA) is 46.2 Å². The SMILES string of the molecule is Cc1cc(F)c(O)c([C@H](N)C2CCCC2)c1.Cl. The lowest BCUT2D eigenvalue weighted by Crippen LogP contribution is -2.19. The second-order valence-corrected chi connectivity index (χ2v) is 4.75. The van der Waals surface area contributed by atoms with Gasteiger partial charge < -0.3 is 10.8 Å². The van der Waals surface area contributed by atoms with Gasteiger partial charge in [0.25, 0.3) is 0 Å². The summed E-state index contributed by atoms with van der Waals surface area (Å²) in [5, 5.41) is 9.70. The monoisotopic (exact) mass is 259 g/mol. The number of phenols is 1. The summed E-state index contributed by atoms with van der Waals surface area (Å²) < 4.78 is 13.4. The minimum absolute atomic E-state index is 0. The lowest BCUT2D eigenvalue weighted by atomic mass is 9.91. The van der Waals surface area contributed by atoms with Crippen LogP contribution in [0.3, 0.4) is 0 Å². The molecular formula is C13H19ClFNO. The van der Waals surface area contributed by atoms with E-state index in [0.717, 1.165) is 18.4 Å². The molecule has 0 saturated heterocycles. The van der Waals surface area contributed by atoms with Crippen LogP contribution in [0.2, 0.25) is 0 Å². The molecule has 96 valence electrons. The fraction of sp³-hybridized carbons (Fsp3) is 0.538. The first kappa shape index (κ1) is 14.3. The predicted molar refractivity (Wildman–Crippen MR) is 68.9 cm³/mol. The molecule has 0 amide bonds. The lowest BCUT2D eigenvalue weighted by Gasteiger charge is -2.20. The molecule has 1 fully saturated rings. The normalized spacial score (nSPS) is 17.8. The Balaban J connectivity index is 0.00000144. The summed E-state index contributed by atoms with van der Waals surface area (Å²) in [5.74, 6) is -0.458. The van der Waals surface area contributed by atoms with Gasteiger partial charge in [0.1, 0.15) is 0 Å². The molecule has 0 aromatic heterocycles. The van der Waals surface area contributed by atoms with Gasteiger partial charge in [0.15, 0.2) is 11.6 Å². The number of aryl methyl sites for hydroxylation is 1. The molecule has 2 rings (SSSR count). The number of rotatable bonds is 2. The third-order valence-electron chi connectivity index (χ3n) is 3.50. The number of hydrogen-bond acceptors (Lipinski definition) is 2. The van der Waals surface area contributed by atoms with E-state index >= 15 is 0 Å². The molecule has 1 saturated carbocycles. The van der Waals surface area contributed by atoms with Crippen molar-refractivity contribution in [3.63, 3.8) is 0 Å². The smallest absolute Gasteiger partial charge is 0.165 e. The molecule has 0 bridgehead atoms. The molecule has 1 aromatic rings. The second-order valence-electron chi connectivity index (χ2n) is 4.75. The number of nitrogens with two attached hydrogens (primary N) is 1. The highest BCUT2D eigenvalue weighted by Gasteiger charge is 2.26. The van der Waals surface area contributed by atoms with Crippen molar-refractivity contribution >= 4 is 12.4 Å². The van der Waals surface area contributed by atoms with E-state index in [2.05, 4.69) is 0 Å². The lowest BCUT2D eigenvalue weighted by molar-refractivity contribution is 0.391. The maximum atomic E-state index is 13.4. The van der Waals surface area contributed by atoms with Crippen LogP contribution in [0.1, 0.15) is 42.9 Å². The van der Waals surface area contributed by atoms with E-state index in [-0.39, 0.29) is 24.2 Å². The quantitative estimate of drug-likeness (QED) is 0.855. The number of hydrogen-bond donors (Lipinski definition) is 2. The largest absolute Gasteiger partial charge is 0.505 e. The molecule has 0 spiro atoms. The van der Waals surface area contributed by atoms with Crippen LogP contribution in [0.25, 0.3) is 0 Å². The highest BCUT2D eigenvalue weighted by Crippen LogP contribution is 2.38. The van der Waals surface area contributed by atoms with Crippen molar-refractivity contribution in [1.82, 2.24) is 0 Å². The maximum Gasteiger partial charge on any atom is 0.165 e. The van der Waals surface area contributed by atoms with E-state index in [1.165, 1.54) is 18.9 Å². The van der Waals surface area contributed by atoms with Gasteiger partial charge in [-0.2, -0.15) is 0 Å². The summed E-state index contributed by atoms with van der Waals surface area (Å²) in [4.78, 5) is 0. The molecule has 2 nitrogen and oxygen atoms in total. The number of phenolic OH excluding ortho intramolecular Hbond substituents is 1. The van der Waals surface area contributed by atoms with Crippen LogP contribution in [0, 0.1) is 18.7 Å². The molecule has 1 atom stereocenters. The first-order chi connectivity index (χ1) is 7.59. The van der Waals surface area contributed by atoms with Gasteiger partial charge in [-0.3, -0.25) is 0 Å². The van der Waals surface area contributed by atoms with Gasteiger partial charge >= 0.3 is 0 Å². The molecule has 0 radical (unpaired) electrons. The molecule has 1 aliphatic rings. The van der Waals surface area contributed by atoms with Gasteiger partial charge in [0.2, 0.25) is 0 Å². The van der Waals surface area contributed by atoms with Crippen LogP contribution >= 0.6 is 12.4 Å². The Morgan fingerprint density at radius 2 is 1.94 bits per heavy atom. The minimum atomic E-state index is -0.566. The summed E-state index contributed by atoms with van der Waals surface area (Å²) in [5.41, 5.74) is 7.48. The van der Waals surface area contributed by atoms with E-state index in [1.807, 2.05) is 6.92 Å². The Labute approximate surface area is 107 Å². The van der Waals surface area contributed by atoms with Crippen LogP contribution in [0.15, 0.2) is 12.1 Å². The average Bonchev–Trinajstić information content (AvgIpc) is 2.75. The minimum Gasteiger partial charge on any atom is -0.505 e. The van der Waals surface area contributed by atoms with Crippen molar-refractivity contribution in [1.29, 1.82) is 0 Å². The Bertz CT molecular complexity index is 391. The molecule has 3 N–H and O–H groups in total. The van der Waals surface area contributed by atoms with E-state index in [1.54, 1.807) is 6.07 Å². The summed E-state index contributed by atoms with van der Waals surface area (Å²) in [6.07, 6.45) is 4.53. The average molecular weight is 260 g/mol. The van der Waals surface area contributed by atoms with E-state index < -0.39 is 5.82 Å². The van der Waals surface area contributed by atoms with Crippen LogP contribution in [-0.2, 0) is 0 Å². The predicted octanol–water partition coefficient (Wildman–Crippen LogP) is 3.45. The van der Waals surface area contributed by atoms with Gasteiger partial charge in [-0.15, -0.1) is 12.4 Å². The van der Waals surface area contributed by atoms with Crippen LogP contribution in [0.5, 0.6) is 5.75 Å². The molecule has 17 heavy (non-hydrogen) atoms. The molecule has 0 heterocycles. The van der Waals surface area contributed by atoms with Crippen LogP contribution in [0.4, 0.5) is 4.39 Å². The first-order valence-corrected chi connectivity index (χ1v) is 5.84. The van der Waals surface area contributed by atoms with Crippen molar-refractivity contribution < 1.29 is 9.50 Å². The van der Waals surface area contributed by atoms with E-state index in [9.17, 15) is 9.50 Å². The van der Waals surface area contributed by atoms with Crippen molar-refractivity contribution in [2.24, 2.45) is 11.7 Å². The Hall–Kier alpha value is -0.800. The summed E-state index contributed by atoms with van der Waals surface area (Å²) in [6.45, 7) is 1.81. The summed E-state index contributed by atoms with van der Waals surface area (Å²) >= 11 is 0. The standard InChI is InChI=1S/C13H18FNO.ClH/c1-8-6-10(13(16)11(14)7-8)12(15)9-4-2-3-5-9;/h6-7,9,12,16H,2-5,15H2,1H3;1H/t12-;/m1./s1. The second kappa shape index (κ2) is 5.69. The third-order valence-corrected chi connectivity index (χ3v) is 3.50. The first-order valence-electron chi connectivity index (χ1n) is 5.84. The van der Waals surface area contributed by atoms with Crippen LogP contribution in [-0.4, -0.2) is 5.11 Å². The zero-order valence-corrected chi connectivity index (χ0v) is 10.8. The Morgan fingerprint density at radius 3 is 2.53 bits per heavy atom. The fourth-order valence-electron chi connectivity index (χ4n) is 2.59. The number of halogens is 2. The van der Waals surface area contributed by atoms with Crippen molar-refractivity contribution in [3.8, 4) is 5.75 Å². The van der Waals surface area contributed by atoms with Crippen molar-refractivity contribution in [3.05, 3.63) is 29.1 Å². The fourth-order valence-corrected chi connectivity index (χ4v) is 2.59. The van der Waals surface area contributed by atoms with Crippen molar-refractivity contribution in [2.45, 2.75) is 38.6 Å². The molecule has 0 unspecified atom stereocenters. The summed E-state index contributed by atoms with van der Waals surface area (Å²) in [7, 11) is 0. The zero-order chi connectivity index (χ0) is 11.7. The molecular weight excluding hydrogens is 241 g/mol. The van der Waals surface area contributed by atoms with Gasteiger partial charge in [0, 0.05) is 11.6 Å². The van der Waals surface area contributed by atoms with E-state index in [0.29, 0.717) is 11.5 Å². The Kier molecular flexibility index (Phi) is 4.78. The Morgan fingerprint density at radius 1 is 1.35 bits per heavy atom. The number of aromatic hydroxyl groups is 1. The highest BCUT2D eigenvalue weighted by atomic mass is 35.5. The van der Waals surface area contributed by atoms with Gasteiger partial charge in [0.05, 0.1) is 0 Å². The van der Waals surface area contributed by atoms with Gasteiger partial charge in [-0.25, -0.2) is 4.39 Å². The van der Waals surface area contributed by atoms with E-state index in [4.69, 9.17) is 5.73 Å². The van der Waals surface area contributed by atoms with Crippen molar-refractivity contribution in [2.75, 3.05) is 0 Å². The summed E-state index contributed by atoms with van der Waals surface area (Å²) in [6, 6.07) is 2.89. The molecule has 0 aliphatic heterocycles. The van der Waals surface area contributed by atoms with Gasteiger partial charge in [-0.05, 0) is 37.3 Å². The molecule has 1 aromatic carbocycles. The van der Waals surface area contributed by atoms with Crippen LogP contribution < -0.4 is 5.73 Å². The molecule has 1 aliphatic carbocycles. The maximum absolute atomic E-state index is 13.4. The third kappa shape index (κ3) is 2.90.